The number of hydrogen-bond acceptors (Lipinski definition) is 1. The van der Waals surface area contributed by atoms with Gasteiger partial charge in [-0.05, 0) is 30.9 Å². The minimum atomic E-state index is -0.602. The molecule has 0 aromatic heterocycles. The van der Waals surface area contributed by atoms with E-state index in [0.717, 1.165) is 37.8 Å². The lowest BCUT2D eigenvalue weighted by atomic mass is 9.81. The third-order valence-corrected chi connectivity index (χ3v) is 3.85. The maximum absolute atomic E-state index is 13.7. The van der Waals surface area contributed by atoms with Crippen LogP contribution in [-0.4, -0.2) is 0 Å². The summed E-state index contributed by atoms with van der Waals surface area (Å²) < 4.78 is 27.0. The minimum Gasteiger partial charge on any atom is -0.324 e. The monoisotopic (exact) mass is 259 g/mol. The van der Waals surface area contributed by atoms with Crippen molar-refractivity contribution < 1.29 is 8.78 Å². The summed E-state index contributed by atoms with van der Waals surface area (Å²) >= 11 is 5.52. The molecule has 94 valence electrons. The molecular formula is C13H16ClF2N. The summed E-state index contributed by atoms with van der Waals surface area (Å²) in [6, 6.07) is 1.72. The normalized spacial score (nSPS) is 19.3. The van der Waals surface area contributed by atoms with Crippen molar-refractivity contribution in [1.82, 2.24) is 0 Å². The van der Waals surface area contributed by atoms with Crippen LogP contribution in [0.1, 0.15) is 43.7 Å². The Morgan fingerprint density at radius 3 is 2.41 bits per heavy atom. The number of halogens is 3. The van der Waals surface area contributed by atoms with E-state index in [1.54, 1.807) is 0 Å². The second-order valence-electron chi connectivity index (χ2n) is 4.71. The molecule has 0 aliphatic heterocycles. The maximum Gasteiger partial charge on any atom is 0.142 e. The highest BCUT2D eigenvalue weighted by Gasteiger charge is 2.25. The molecule has 1 aliphatic rings. The molecule has 1 saturated carbocycles. The van der Waals surface area contributed by atoms with E-state index in [9.17, 15) is 8.78 Å². The molecule has 1 aromatic carbocycles. The summed E-state index contributed by atoms with van der Waals surface area (Å²) in [5.41, 5.74) is 6.29. The zero-order valence-corrected chi connectivity index (χ0v) is 10.3. The van der Waals surface area contributed by atoms with E-state index >= 15 is 0 Å². The van der Waals surface area contributed by atoms with Crippen molar-refractivity contribution in [2.24, 2.45) is 11.7 Å². The van der Waals surface area contributed by atoms with Crippen molar-refractivity contribution in [3.63, 3.8) is 0 Å². The molecule has 1 aliphatic carbocycles. The molecule has 0 spiro atoms. The van der Waals surface area contributed by atoms with Crippen LogP contribution >= 0.6 is 11.6 Å². The number of hydrogen-bond donors (Lipinski definition) is 1. The average Bonchev–Trinajstić information content (AvgIpc) is 2.34. The zero-order chi connectivity index (χ0) is 12.4. The fourth-order valence-electron chi connectivity index (χ4n) is 2.54. The van der Waals surface area contributed by atoms with Crippen molar-refractivity contribution in [2.75, 3.05) is 0 Å². The average molecular weight is 260 g/mol. The van der Waals surface area contributed by atoms with Crippen molar-refractivity contribution in [2.45, 2.75) is 38.1 Å². The lowest BCUT2D eigenvalue weighted by molar-refractivity contribution is 0.303. The summed E-state index contributed by atoms with van der Waals surface area (Å²) in [5.74, 6) is -0.859. The van der Waals surface area contributed by atoms with Gasteiger partial charge >= 0.3 is 0 Å². The van der Waals surface area contributed by atoms with Crippen LogP contribution in [0.5, 0.6) is 0 Å². The predicted octanol–water partition coefficient (Wildman–Crippen LogP) is 4.20. The first-order valence-electron chi connectivity index (χ1n) is 5.99. The molecule has 0 amide bonds. The molecular weight excluding hydrogens is 244 g/mol. The second-order valence-corrected chi connectivity index (χ2v) is 5.12. The highest BCUT2D eigenvalue weighted by atomic mass is 35.5. The Morgan fingerprint density at radius 1 is 1.12 bits per heavy atom. The molecule has 0 heterocycles. The molecule has 2 N–H and O–H groups in total. The molecule has 1 nitrogen and oxygen atoms in total. The van der Waals surface area contributed by atoms with Crippen molar-refractivity contribution in [3.8, 4) is 0 Å². The van der Waals surface area contributed by atoms with E-state index in [4.69, 9.17) is 17.3 Å². The Bertz CT molecular complexity index is 403. The van der Waals surface area contributed by atoms with Crippen LogP contribution in [0.4, 0.5) is 8.78 Å². The first kappa shape index (κ1) is 12.8. The molecule has 1 fully saturated rings. The van der Waals surface area contributed by atoms with E-state index in [-0.39, 0.29) is 16.5 Å². The number of rotatable bonds is 2. The van der Waals surface area contributed by atoms with Gasteiger partial charge in [0, 0.05) is 11.6 Å². The van der Waals surface area contributed by atoms with Crippen LogP contribution in [0.2, 0.25) is 5.02 Å². The Labute approximate surface area is 105 Å². The van der Waals surface area contributed by atoms with Gasteiger partial charge in [0.2, 0.25) is 0 Å². The minimum absolute atomic E-state index is 0.193. The Kier molecular flexibility index (Phi) is 4.00. The van der Waals surface area contributed by atoms with Gasteiger partial charge in [-0.25, -0.2) is 8.78 Å². The van der Waals surface area contributed by atoms with Crippen LogP contribution in [0.15, 0.2) is 12.1 Å². The van der Waals surface area contributed by atoms with Gasteiger partial charge in [-0.2, -0.15) is 0 Å². The largest absolute Gasteiger partial charge is 0.324 e. The van der Waals surface area contributed by atoms with E-state index in [1.165, 1.54) is 6.42 Å². The van der Waals surface area contributed by atoms with Crippen LogP contribution < -0.4 is 5.73 Å². The van der Waals surface area contributed by atoms with Gasteiger partial charge in [0.1, 0.15) is 11.6 Å². The standard InChI is InChI=1S/C13H16ClF2N/c14-10-7-11(15)9(6-12(10)16)13(17)8-4-2-1-3-5-8/h6-8,13H,1-5,17H2. The molecule has 0 radical (unpaired) electrons. The molecule has 4 heteroatoms. The van der Waals surface area contributed by atoms with Crippen LogP contribution in [0, 0.1) is 17.6 Å². The van der Waals surface area contributed by atoms with Gasteiger partial charge in [-0.1, -0.05) is 30.9 Å². The molecule has 0 saturated heterocycles. The van der Waals surface area contributed by atoms with E-state index in [0.29, 0.717) is 0 Å². The van der Waals surface area contributed by atoms with Gasteiger partial charge in [0.25, 0.3) is 0 Å². The molecule has 1 unspecified atom stereocenters. The van der Waals surface area contributed by atoms with Crippen LogP contribution in [-0.2, 0) is 0 Å². The van der Waals surface area contributed by atoms with Crippen molar-refractivity contribution in [3.05, 3.63) is 34.4 Å². The fourth-order valence-corrected chi connectivity index (χ4v) is 2.69. The van der Waals surface area contributed by atoms with Gasteiger partial charge in [-0.3, -0.25) is 0 Å². The summed E-state index contributed by atoms with van der Waals surface area (Å²) in [5, 5.41) is -0.193. The maximum atomic E-state index is 13.7. The number of nitrogens with two attached hydrogens (primary N) is 1. The van der Waals surface area contributed by atoms with Crippen LogP contribution in [0.25, 0.3) is 0 Å². The molecule has 1 atom stereocenters. The van der Waals surface area contributed by atoms with E-state index in [2.05, 4.69) is 0 Å². The summed E-state index contributed by atoms with van der Waals surface area (Å²) in [7, 11) is 0. The Hall–Kier alpha value is -0.670. The van der Waals surface area contributed by atoms with Gasteiger partial charge < -0.3 is 5.73 Å². The summed E-state index contributed by atoms with van der Waals surface area (Å²) in [6.07, 6.45) is 5.43. The molecule has 2 rings (SSSR count). The number of benzene rings is 1. The predicted molar refractivity (Wildman–Crippen MR) is 64.9 cm³/mol. The summed E-state index contributed by atoms with van der Waals surface area (Å²) in [4.78, 5) is 0. The smallest absolute Gasteiger partial charge is 0.142 e. The third-order valence-electron chi connectivity index (χ3n) is 3.56. The quantitative estimate of drug-likeness (QED) is 0.792. The molecule has 17 heavy (non-hydrogen) atoms. The first-order chi connectivity index (χ1) is 8.09. The first-order valence-corrected chi connectivity index (χ1v) is 6.37. The lowest BCUT2D eigenvalue weighted by Gasteiger charge is -2.28. The zero-order valence-electron chi connectivity index (χ0n) is 9.56. The Morgan fingerprint density at radius 2 is 1.76 bits per heavy atom. The van der Waals surface area contributed by atoms with E-state index in [1.807, 2.05) is 0 Å². The van der Waals surface area contributed by atoms with Gasteiger partial charge in [0.15, 0.2) is 0 Å². The van der Waals surface area contributed by atoms with Gasteiger partial charge in [0.05, 0.1) is 5.02 Å². The second kappa shape index (κ2) is 5.32. The SMILES string of the molecule is NC(c1cc(F)c(Cl)cc1F)C1CCCCC1. The van der Waals surface area contributed by atoms with E-state index < -0.39 is 17.7 Å². The van der Waals surface area contributed by atoms with Crippen molar-refractivity contribution in [1.29, 1.82) is 0 Å². The van der Waals surface area contributed by atoms with Crippen molar-refractivity contribution >= 4 is 11.6 Å². The highest BCUT2D eigenvalue weighted by Crippen LogP contribution is 2.34. The lowest BCUT2D eigenvalue weighted by Crippen LogP contribution is -2.24. The molecule has 1 aromatic rings. The van der Waals surface area contributed by atoms with Gasteiger partial charge in [-0.15, -0.1) is 0 Å². The highest BCUT2D eigenvalue weighted by molar-refractivity contribution is 6.30. The fraction of sp³-hybridized carbons (Fsp3) is 0.538. The molecule has 0 bridgehead atoms. The Balaban J connectivity index is 2.23. The summed E-state index contributed by atoms with van der Waals surface area (Å²) in [6.45, 7) is 0. The topological polar surface area (TPSA) is 26.0 Å². The van der Waals surface area contributed by atoms with Crippen LogP contribution in [0.3, 0.4) is 0 Å². The third kappa shape index (κ3) is 2.78.